The zero-order valence-corrected chi connectivity index (χ0v) is 17.4. The number of carbonyl (C=O) groups is 1. The Bertz CT molecular complexity index is 877. The van der Waals surface area contributed by atoms with Gasteiger partial charge in [0, 0.05) is 25.3 Å². The number of benzene rings is 1. The van der Waals surface area contributed by atoms with Gasteiger partial charge >= 0.3 is 6.09 Å². The van der Waals surface area contributed by atoms with Crippen LogP contribution in [0.2, 0.25) is 0 Å². The molecule has 0 saturated carbocycles. The summed E-state index contributed by atoms with van der Waals surface area (Å²) in [6.45, 7) is 8.38. The third kappa shape index (κ3) is 6.09. The Hall–Kier alpha value is -3.32. The number of hydrogen-bond acceptors (Lipinski definition) is 8. The number of aromatic nitrogens is 3. The normalized spacial score (nSPS) is 15.2. The van der Waals surface area contributed by atoms with Crippen molar-refractivity contribution in [3.8, 4) is 6.07 Å². The molecule has 0 radical (unpaired) electrons. The van der Waals surface area contributed by atoms with Crippen molar-refractivity contribution >= 4 is 17.7 Å². The van der Waals surface area contributed by atoms with Gasteiger partial charge in [0.25, 0.3) is 0 Å². The number of morpholine rings is 1. The topological polar surface area (TPSA) is 128 Å². The van der Waals surface area contributed by atoms with Crippen LogP contribution in [0.3, 0.4) is 0 Å². The van der Waals surface area contributed by atoms with Gasteiger partial charge in [-0.15, -0.1) is 5.10 Å². The van der Waals surface area contributed by atoms with Gasteiger partial charge < -0.3 is 25.0 Å². The summed E-state index contributed by atoms with van der Waals surface area (Å²) >= 11 is 0. The summed E-state index contributed by atoms with van der Waals surface area (Å²) in [6, 6.07) is 8.77. The molecule has 1 fully saturated rings. The summed E-state index contributed by atoms with van der Waals surface area (Å²) in [4.78, 5) is 18.8. The minimum Gasteiger partial charge on any atom is -0.444 e. The summed E-state index contributed by atoms with van der Waals surface area (Å²) in [7, 11) is 0. The van der Waals surface area contributed by atoms with E-state index in [1.165, 1.54) is 0 Å². The van der Waals surface area contributed by atoms with Crippen LogP contribution in [-0.2, 0) is 9.47 Å². The average molecular weight is 413 g/mol. The van der Waals surface area contributed by atoms with Crippen LogP contribution in [0, 0.1) is 11.3 Å². The molecule has 1 aliphatic heterocycles. The SMILES string of the molecule is CC(C)(C)OC(=O)NCC(Nc1ccc(C#N)cc1)c1nc(N2CCOCC2)n[nH]1. The molecule has 10 heteroatoms. The molecule has 1 aromatic heterocycles. The molecule has 30 heavy (non-hydrogen) atoms. The first-order valence-electron chi connectivity index (χ1n) is 9.82. The van der Waals surface area contributed by atoms with E-state index in [0.29, 0.717) is 30.5 Å². The smallest absolute Gasteiger partial charge is 0.407 e. The Labute approximate surface area is 175 Å². The highest BCUT2D eigenvalue weighted by atomic mass is 16.6. The number of nitriles is 1. The van der Waals surface area contributed by atoms with Crippen LogP contribution in [0.4, 0.5) is 16.4 Å². The molecule has 3 rings (SSSR count). The van der Waals surface area contributed by atoms with Crippen molar-refractivity contribution in [1.82, 2.24) is 20.5 Å². The lowest BCUT2D eigenvalue weighted by Gasteiger charge is -2.25. The quantitative estimate of drug-likeness (QED) is 0.657. The molecule has 0 bridgehead atoms. The summed E-state index contributed by atoms with van der Waals surface area (Å²) in [5.74, 6) is 1.18. The number of alkyl carbamates (subject to hydrolysis) is 1. The fourth-order valence-electron chi connectivity index (χ4n) is 2.88. The van der Waals surface area contributed by atoms with Crippen molar-refractivity contribution < 1.29 is 14.3 Å². The molecule has 10 nitrogen and oxygen atoms in total. The van der Waals surface area contributed by atoms with E-state index in [4.69, 9.17) is 14.7 Å². The Morgan fingerprint density at radius 1 is 1.33 bits per heavy atom. The maximum Gasteiger partial charge on any atom is 0.407 e. The number of hydrogen-bond donors (Lipinski definition) is 3. The molecule has 1 saturated heterocycles. The summed E-state index contributed by atoms with van der Waals surface area (Å²) in [6.07, 6.45) is -0.512. The maximum atomic E-state index is 12.1. The number of aromatic amines is 1. The zero-order valence-electron chi connectivity index (χ0n) is 17.4. The van der Waals surface area contributed by atoms with Gasteiger partial charge in [-0.1, -0.05) is 0 Å². The first-order valence-corrected chi connectivity index (χ1v) is 9.82. The first kappa shape index (κ1) is 21.4. The summed E-state index contributed by atoms with van der Waals surface area (Å²) < 4.78 is 10.7. The number of nitrogens with zero attached hydrogens (tertiary/aromatic N) is 4. The Kier molecular flexibility index (Phi) is 6.74. The van der Waals surface area contributed by atoms with Crippen molar-refractivity contribution in [2.24, 2.45) is 0 Å². The van der Waals surface area contributed by atoms with Crippen LogP contribution in [0.15, 0.2) is 24.3 Å². The molecule has 3 N–H and O–H groups in total. The van der Waals surface area contributed by atoms with E-state index in [9.17, 15) is 4.79 Å². The van der Waals surface area contributed by atoms with Gasteiger partial charge in [-0.3, -0.25) is 5.10 Å². The molecule has 1 unspecified atom stereocenters. The van der Waals surface area contributed by atoms with Crippen LogP contribution in [0.1, 0.15) is 38.2 Å². The third-order valence-corrected chi connectivity index (χ3v) is 4.32. The Morgan fingerprint density at radius 2 is 2.03 bits per heavy atom. The molecule has 160 valence electrons. The van der Waals surface area contributed by atoms with Crippen molar-refractivity contribution in [2.45, 2.75) is 32.4 Å². The molecule has 2 aromatic rings. The fraction of sp³-hybridized carbons (Fsp3) is 0.500. The number of ether oxygens (including phenoxy) is 2. The number of anilines is 2. The minimum absolute atomic E-state index is 0.229. The molecule has 1 atom stereocenters. The summed E-state index contributed by atoms with van der Waals surface area (Å²) in [5.41, 5.74) is 0.767. The minimum atomic E-state index is -0.587. The number of amides is 1. The van der Waals surface area contributed by atoms with Gasteiger partial charge in [0.2, 0.25) is 5.95 Å². The Balaban J connectivity index is 1.73. The standard InChI is InChI=1S/C20H27N7O3/c1-20(2,3)30-19(28)22-13-16(23-15-6-4-14(12-21)5-7-15)17-24-18(26-25-17)27-8-10-29-11-9-27/h4-7,16,23H,8-11,13H2,1-3H3,(H,22,28)(H,24,25,26). The predicted octanol–water partition coefficient (Wildman–Crippen LogP) is 2.19. The third-order valence-electron chi connectivity index (χ3n) is 4.32. The highest BCUT2D eigenvalue weighted by molar-refractivity contribution is 5.67. The average Bonchev–Trinajstić information content (AvgIpc) is 3.21. The molecular formula is C20H27N7O3. The van der Waals surface area contributed by atoms with Gasteiger partial charge in [-0.05, 0) is 45.0 Å². The number of carbonyl (C=O) groups excluding carboxylic acids is 1. The maximum absolute atomic E-state index is 12.1. The monoisotopic (exact) mass is 413 g/mol. The molecule has 1 aliphatic rings. The molecule has 0 spiro atoms. The second-order valence-corrected chi connectivity index (χ2v) is 7.89. The van der Waals surface area contributed by atoms with Gasteiger partial charge in [-0.25, -0.2) is 4.79 Å². The van der Waals surface area contributed by atoms with E-state index in [1.807, 2.05) is 25.7 Å². The molecule has 2 heterocycles. The number of nitrogens with one attached hydrogen (secondary N) is 3. The molecule has 0 aliphatic carbocycles. The highest BCUT2D eigenvalue weighted by Gasteiger charge is 2.22. The Morgan fingerprint density at radius 3 is 2.67 bits per heavy atom. The van der Waals surface area contributed by atoms with Crippen LogP contribution in [0.5, 0.6) is 0 Å². The van der Waals surface area contributed by atoms with E-state index < -0.39 is 11.7 Å². The highest BCUT2D eigenvalue weighted by Crippen LogP contribution is 2.20. The fourth-order valence-corrected chi connectivity index (χ4v) is 2.88. The van der Waals surface area contributed by atoms with Crippen molar-refractivity contribution in [3.63, 3.8) is 0 Å². The largest absolute Gasteiger partial charge is 0.444 e. The van der Waals surface area contributed by atoms with Gasteiger partial charge in [0.1, 0.15) is 11.6 Å². The lowest BCUT2D eigenvalue weighted by Crippen LogP contribution is -2.37. The van der Waals surface area contributed by atoms with Crippen LogP contribution >= 0.6 is 0 Å². The van der Waals surface area contributed by atoms with Gasteiger partial charge in [0.15, 0.2) is 5.82 Å². The van der Waals surface area contributed by atoms with Gasteiger partial charge in [0.05, 0.1) is 24.8 Å². The van der Waals surface area contributed by atoms with E-state index in [0.717, 1.165) is 18.8 Å². The molecule has 1 amide bonds. The van der Waals surface area contributed by atoms with Crippen LogP contribution in [0.25, 0.3) is 0 Å². The second kappa shape index (κ2) is 9.45. The van der Waals surface area contributed by atoms with Crippen molar-refractivity contribution in [3.05, 3.63) is 35.7 Å². The van der Waals surface area contributed by atoms with Crippen LogP contribution in [-0.4, -0.2) is 59.7 Å². The van der Waals surface area contributed by atoms with Crippen molar-refractivity contribution in [1.29, 1.82) is 5.26 Å². The zero-order chi connectivity index (χ0) is 21.6. The van der Waals surface area contributed by atoms with Crippen molar-refractivity contribution in [2.75, 3.05) is 43.1 Å². The van der Waals surface area contributed by atoms with E-state index in [2.05, 4.69) is 31.9 Å². The molecular weight excluding hydrogens is 386 g/mol. The van der Waals surface area contributed by atoms with E-state index >= 15 is 0 Å². The molecule has 1 aromatic carbocycles. The van der Waals surface area contributed by atoms with E-state index in [1.54, 1.807) is 24.3 Å². The number of rotatable bonds is 6. The van der Waals surface area contributed by atoms with Crippen LogP contribution < -0.4 is 15.5 Å². The predicted molar refractivity (Wildman–Crippen MR) is 111 cm³/mol. The number of H-pyrrole nitrogens is 1. The first-order chi connectivity index (χ1) is 14.3. The van der Waals surface area contributed by atoms with E-state index in [-0.39, 0.29) is 12.6 Å². The second-order valence-electron chi connectivity index (χ2n) is 7.89. The van der Waals surface area contributed by atoms with Gasteiger partial charge in [-0.2, -0.15) is 10.2 Å². The summed E-state index contributed by atoms with van der Waals surface area (Å²) in [5, 5.41) is 22.4. The lowest BCUT2D eigenvalue weighted by molar-refractivity contribution is 0.0525. The lowest BCUT2D eigenvalue weighted by atomic mass is 10.2.